The summed E-state index contributed by atoms with van der Waals surface area (Å²) in [4.78, 5) is 38.9. The molecule has 0 unspecified atom stereocenters. The van der Waals surface area contributed by atoms with Crippen molar-refractivity contribution in [2.75, 3.05) is 6.54 Å². The number of carbonyl (C=O) groups excluding carboxylic acids is 3. The zero-order chi connectivity index (χ0) is 25.6. The normalized spacial score (nSPS) is 14.4. The van der Waals surface area contributed by atoms with Crippen molar-refractivity contribution < 1.29 is 33.0 Å². The van der Waals surface area contributed by atoms with Crippen LogP contribution < -0.4 is 10.1 Å². The molecular weight excluding hydrogens is 458 g/mol. The van der Waals surface area contributed by atoms with Crippen molar-refractivity contribution in [1.29, 1.82) is 0 Å². The number of amides is 1. The Balaban J connectivity index is 0.000000497. The van der Waals surface area contributed by atoms with E-state index in [2.05, 4.69) is 26.9 Å². The lowest BCUT2D eigenvalue weighted by atomic mass is 9.97. The molecule has 0 radical (unpaired) electrons. The summed E-state index contributed by atoms with van der Waals surface area (Å²) < 4.78 is 29.7. The summed E-state index contributed by atoms with van der Waals surface area (Å²) in [6.45, 7) is 0.429. The fraction of sp³-hybridized carbons (Fsp3) is 0.308. The first-order valence-corrected chi connectivity index (χ1v) is 10.8. The van der Waals surface area contributed by atoms with Crippen LogP contribution in [-0.4, -0.2) is 47.7 Å². The van der Waals surface area contributed by atoms with Gasteiger partial charge in [0.05, 0.1) is 6.34 Å². The number of alkyl halides is 2. The van der Waals surface area contributed by atoms with Gasteiger partial charge in [0.15, 0.2) is 0 Å². The summed E-state index contributed by atoms with van der Waals surface area (Å²) in [6, 6.07) is 10.4. The molecule has 7 nitrogen and oxygen atoms in total. The van der Waals surface area contributed by atoms with E-state index in [1.807, 2.05) is 0 Å². The van der Waals surface area contributed by atoms with Crippen molar-refractivity contribution in [3.05, 3.63) is 64.7 Å². The molecule has 9 heteroatoms. The number of benzene rings is 2. The minimum atomic E-state index is -2.96. The highest BCUT2D eigenvalue weighted by atomic mass is 19.3. The molecule has 2 aliphatic rings. The third-order valence-electron chi connectivity index (χ3n) is 4.90. The topological polar surface area (TPSA) is 105 Å². The van der Waals surface area contributed by atoms with Crippen LogP contribution in [0.4, 0.5) is 8.78 Å². The number of nitrogens with one attached hydrogen (secondary N) is 1. The summed E-state index contributed by atoms with van der Waals surface area (Å²) in [5, 5.41) is 12.1. The number of ketones is 2. The molecule has 35 heavy (non-hydrogen) atoms. The molecular formula is C26H24F2N2O5. The molecule has 1 heterocycles. The average molecular weight is 482 g/mol. The first-order chi connectivity index (χ1) is 16.5. The van der Waals surface area contributed by atoms with Gasteiger partial charge in [-0.2, -0.15) is 8.78 Å². The van der Waals surface area contributed by atoms with Crippen molar-refractivity contribution in [2.24, 2.45) is 4.99 Å². The van der Waals surface area contributed by atoms with Crippen molar-refractivity contribution >= 4 is 23.8 Å². The number of nitrogens with zero attached hydrogens (tertiary/aromatic N) is 1. The van der Waals surface area contributed by atoms with Gasteiger partial charge in [-0.3, -0.25) is 19.4 Å². The smallest absolute Gasteiger partial charge is 0.387 e. The molecule has 0 aromatic heterocycles. The first-order valence-electron chi connectivity index (χ1n) is 10.8. The zero-order valence-corrected chi connectivity index (χ0v) is 19.2. The van der Waals surface area contributed by atoms with Gasteiger partial charge in [-0.25, -0.2) is 0 Å². The minimum absolute atomic E-state index is 0.0185. The van der Waals surface area contributed by atoms with E-state index in [9.17, 15) is 28.3 Å². The molecule has 4 rings (SSSR count). The average Bonchev–Trinajstić information content (AvgIpc) is 3.55. The fourth-order valence-electron chi connectivity index (χ4n) is 3.12. The second-order valence-electron chi connectivity index (χ2n) is 8.49. The van der Waals surface area contributed by atoms with Crippen LogP contribution in [0.3, 0.4) is 0 Å². The predicted molar refractivity (Wildman–Crippen MR) is 125 cm³/mol. The molecule has 1 fully saturated rings. The molecule has 1 aliphatic heterocycles. The van der Waals surface area contributed by atoms with Crippen LogP contribution >= 0.6 is 0 Å². The molecule has 0 spiro atoms. The third kappa shape index (κ3) is 7.83. The lowest BCUT2D eigenvalue weighted by Gasteiger charge is -2.11. The number of ether oxygens (including phenoxy) is 1. The second kappa shape index (κ2) is 11.0. The Labute approximate surface area is 201 Å². The lowest BCUT2D eigenvalue weighted by Crippen LogP contribution is -2.16. The standard InChI is InChI=1S/C23H20F2O4.C3H4N2O/c1-23(2,28)11-10-14-4-3-5-16(12-14)20(26)21(27)17-8-9-19(29-22(24)25)18(13-17)15-6-7-15;6-3-1-4-2-5-3/h3-5,8-9,12-13,15,22,28H,6-7H2,1-2H3;2H,1H2,(H,4,5,6). The van der Waals surface area contributed by atoms with Crippen molar-refractivity contribution in [1.82, 2.24) is 5.32 Å². The van der Waals surface area contributed by atoms with Gasteiger partial charge in [-0.1, -0.05) is 24.0 Å². The number of carbonyl (C=O) groups is 3. The van der Waals surface area contributed by atoms with Gasteiger partial charge in [0.25, 0.3) is 0 Å². The fourth-order valence-corrected chi connectivity index (χ4v) is 3.12. The number of rotatable bonds is 6. The van der Waals surface area contributed by atoms with Crippen LogP contribution in [0, 0.1) is 11.8 Å². The quantitative estimate of drug-likeness (QED) is 0.373. The molecule has 0 bridgehead atoms. The number of Topliss-reactive ketones (excluding diaryl/α,β-unsaturated/α-hetero) is 2. The van der Waals surface area contributed by atoms with Gasteiger partial charge in [-0.15, -0.1) is 0 Å². The summed E-state index contributed by atoms with van der Waals surface area (Å²) in [5.41, 5.74) is 0.126. The van der Waals surface area contributed by atoms with E-state index in [0.717, 1.165) is 12.8 Å². The monoisotopic (exact) mass is 482 g/mol. The number of hydrogen-bond acceptors (Lipinski definition) is 6. The van der Waals surface area contributed by atoms with Gasteiger partial charge in [0, 0.05) is 16.7 Å². The Bertz CT molecular complexity index is 1210. The van der Waals surface area contributed by atoms with Crippen molar-refractivity contribution in [3.8, 4) is 17.6 Å². The summed E-state index contributed by atoms with van der Waals surface area (Å²) >= 11 is 0. The molecule has 0 saturated heterocycles. The first kappa shape index (κ1) is 25.7. The maximum Gasteiger partial charge on any atom is 0.387 e. The maximum absolute atomic E-state index is 12.7. The second-order valence-corrected chi connectivity index (χ2v) is 8.49. The van der Waals surface area contributed by atoms with E-state index < -0.39 is 23.8 Å². The van der Waals surface area contributed by atoms with Crippen LogP contribution in [0.15, 0.2) is 47.5 Å². The molecule has 182 valence electrons. The van der Waals surface area contributed by atoms with E-state index in [4.69, 9.17) is 0 Å². The number of halogens is 2. The van der Waals surface area contributed by atoms with Gasteiger partial charge in [0.2, 0.25) is 17.5 Å². The Morgan fingerprint density at radius 2 is 1.83 bits per heavy atom. The van der Waals surface area contributed by atoms with Gasteiger partial charge >= 0.3 is 6.61 Å². The number of aliphatic imine (C=N–C) groups is 1. The highest BCUT2D eigenvalue weighted by molar-refractivity contribution is 6.49. The Morgan fingerprint density at radius 3 is 2.34 bits per heavy atom. The molecule has 1 saturated carbocycles. The van der Waals surface area contributed by atoms with Crippen molar-refractivity contribution in [2.45, 2.75) is 44.8 Å². The van der Waals surface area contributed by atoms with E-state index in [-0.39, 0.29) is 28.7 Å². The van der Waals surface area contributed by atoms with Crippen LogP contribution in [0.2, 0.25) is 0 Å². The van der Waals surface area contributed by atoms with E-state index in [1.54, 1.807) is 12.1 Å². The molecule has 0 atom stereocenters. The largest absolute Gasteiger partial charge is 0.435 e. The molecule has 1 amide bonds. The van der Waals surface area contributed by atoms with Gasteiger partial charge in [-0.05, 0) is 68.5 Å². The van der Waals surface area contributed by atoms with Crippen molar-refractivity contribution in [3.63, 3.8) is 0 Å². The maximum atomic E-state index is 12.7. The third-order valence-corrected chi connectivity index (χ3v) is 4.90. The highest BCUT2D eigenvalue weighted by Gasteiger charge is 2.29. The SMILES string of the molecule is CC(C)(O)C#Cc1cccc(C(=O)C(=O)c2ccc(OC(F)F)c(C3CC3)c2)c1.O=C1CN=CN1. The van der Waals surface area contributed by atoms with Crippen LogP contribution in [-0.2, 0) is 4.79 Å². The van der Waals surface area contributed by atoms with Crippen LogP contribution in [0.25, 0.3) is 0 Å². The Morgan fingerprint density at radius 1 is 1.14 bits per heavy atom. The Hall–Kier alpha value is -3.90. The van der Waals surface area contributed by atoms with Crippen LogP contribution in [0.5, 0.6) is 5.75 Å². The minimum Gasteiger partial charge on any atom is -0.435 e. The molecule has 2 N–H and O–H groups in total. The van der Waals surface area contributed by atoms with Gasteiger partial charge in [0.1, 0.15) is 17.9 Å². The number of aliphatic hydroxyl groups is 1. The molecule has 2 aromatic rings. The Kier molecular flexibility index (Phi) is 8.10. The highest BCUT2D eigenvalue weighted by Crippen LogP contribution is 2.45. The van der Waals surface area contributed by atoms with E-state index in [1.165, 1.54) is 50.5 Å². The summed E-state index contributed by atoms with van der Waals surface area (Å²) in [6.07, 6.45) is 3.06. The van der Waals surface area contributed by atoms with E-state index >= 15 is 0 Å². The zero-order valence-electron chi connectivity index (χ0n) is 19.2. The molecule has 1 aliphatic carbocycles. The van der Waals surface area contributed by atoms with E-state index in [0.29, 0.717) is 17.7 Å². The predicted octanol–water partition coefficient (Wildman–Crippen LogP) is 3.50. The van der Waals surface area contributed by atoms with Gasteiger partial charge < -0.3 is 15.2 Å². The molecule has 2 aromatic carbocycles. The summed E-state index contributed by atoms with van der Waals surface area (Å²) in [7, 11) is 0. The van der Waals surface area contributed by atoms with Crippen LogP contribution in [0.1, 0.15) is 64.4 Å². The lowest BCUT2D eigenvalue weighted by molar-refractivity contribution is -0.117. The number of hydrogen-bond donors (Lipinski definition) is 2. The summed E-state index contributed by atoms with van der Waals surface area (Å²) in [5.74, 6) is 4.04.